The number of pyridine rings is 1. The van der Waals surface area contributed by atoms with E-state index in [2.05, 4.69) is 4.98 Å². The average molecular weight is 314 g/mol. The lowest BCUT2D eigenvalue weighted by Gasteiger charge is -2.09. The van der Waals surface area contributed by atoms with Crippen LogP contribution in [-0.2, 0) is 6.18 Å². The number of hydrogen-bond donors (Lipinski definition) is 1. The molecule has 7 heteroatoms. The molecule has 0 aliphatic rings. The Balaban J connectivity index is 2.16. The molecule has 0 amide bonds. The van der Waals surface area contributed by atoms with Crippen LogP contribution in [0.4, 0.5) is 18.9 Å². The van der Waals surface area contributed by atoms with Crippen molar-refractivity contribution >= 4 is 17.4 Å². The molecular weight excluding hydrogens is 301 g/mol. The highest BCUT2D eigenvalue weighted by Crippen LogP contribution is 2.34. The molecule has 0 bridgehead atoms. The van der Waals surface area contributed by atoms with Gasteiger partial charge in [0.25, 0.3) is 0 Å². The number of nitrogens with two attached hydrogens (primary N) is 1. The SMILES string of the molecule is CCOc1cc(Sc2ccc(C(F)(F)F)cn2)ccc1N. The number of halogens is 3. The van der Waals surface area contributed by atoms with E-state index < -0.39 is 11.7 Å². The van der Waals surface area contributed by atoms with Gasteiger partial charge in [0.15, 0.2) is 0 Å². The van der Waals surface area contributed by atoms with Gasteiger partial charge in [0, 0.05) is 11.1 Å². The molecule has 2 N–H and O–H groups in total. The first-order valence-electron chi connectivity index (χ1n) is 6.13. The van der Waals surface area contributed by atoms with Crippen molar-refractivity contribution in [1.29, 1.82) is 0 Å². The Kier molecular flexibility index (Phi) is 4.62. The van der Waals surface area contributed by atoms with Gasteiger partial charge < -0.3 is 10.5 Å². The summed E-state index contributed by atoms with van der Waals surface area (Å²) in [6.07, 6.45) is -3.55. The van der Waals surface area contributed by atoms with Gasteiger partial charge in [-0.25, -0.2) is 4.98 Å². The Labute approximate surface area is 124 Å². The fourth-order valence-corrected chi connectivity index (χ4v) is 2.37. The van der Waals surface area contributed by atoms with Crippen LogP contribution in [0.1, 0.15) is 12.5 Å². The lowest BCUT2D eigenvalue weighted by Crippen LogP contribution is -2.05. The summed E-state index contributed by atoms with van der Waals surface area (Å²) in [7, 11) is 0. The Hall–Kier alpha value is -1.89. The lowest BCUT2D eigenvalue weighted by atomic mass is 10.3. The summed E-state index contributed by atoms with van der Waals surface area (Å²) in [5.41, 5.74) is 5.51. The molecule has 0 aliphatic heterocycles. The van der Waals surface area contributed by atoms with Gasteiger partial charge >= 0.3 is 6.18 Å². The number of nitrogens with zero attached hydrogens (tertiary/aromatic N) is 1. The first-order chi connectivity index (χ1) is 9.90. The molecule has 0 saturated heterocycles. The third kappa shape index (κ3) is 4.04. The molecule has 112 valence electrons. The van der Waals surface area contributed by atoms with E-state index in [0.29, 0.717) is 23.1 Å². The Morgan fingerprint density at radius 2 is 2.00 bits per heavy atom. The summed E-state index contributed by atoms with van der Waals surface area (Å²) in [5.74, 6) is 0.550. The highest BCUT2D eigenvalue weighted by atomic mass is 32.2. The fourth-order valence-electron chi connectivity index (χ4n) is 1.59. The number of alkyl halides is 3. The van der Waals surface area contributed by atoms with Gasteiger partial charge in [-0.2, -0.15) is 13.2 Å². The van der Waals surface area contributed by atoms with Gasteiger partial charge in [-0.05, 0) is 37.3 Å². The van der Waals surface area contributed by atoms with Crippen molar-refractivity contribution in [1.82, 2.24) is 4.98 Å². The molecule has 1 aromatic carbocycles. The van der Waals surface area contributed by atoms with E-state index >= 15 is 0 Å². The van der Waals surface area contributed by atoms with Crippen molar-refractivity contribution in [3.63, 3.8) is 0 Å². The fraction of sp³-hybridized carbons (Fsp3) is 0.214. The number of nitrogen functional groups attached to an aromatic ring is 1. The third-order valence-corrected chi connectivity index (χ3v) is 3.51. The van der Waals surface area contributed by atoms with Crippen LogP contribution >= 0.6 is 11.8 Å². The topological polar surface area (TPSA) is 48.1 Å². The van der Waals surface area contributed by atoms with Crippen molar-refractivity contribution in [2.24, 2.45) is 0 Å². The van der Waals surface area contributed by atoms with Gasteiger partial charge in [-0.1, -0.05) is 11.8 Å². The standard InChI is InChI=1S/C14H13F3N2OS/c1-2-20-12-7-10(4-5-11(12)18)21-13-6-3-9(8-19-13)14(15,16)17/h3-8H,2,18H2,1H3. The summed E-state index contributed by atoms with van der Waals surface area (Å²) < 4.78 is 42.7. The minimum atomic E-state index is -4.38. The van der Waals surface area contributed by atoms with E-state index in [9.17, 15) is 13.2 Å². The smallest absolute Gasteiger partial charge is 0.417 e. The molecule has 3 nitrogen and oxygen atoms in total. The molecule has 0 radical (unpaired) electrons. The average Bonchev–Trinajstić information content (AvgIpc) is 2.42. The van der Waals surface area contributed by atoms with Crippen LogP contribution < -0.4 is 10.5 Å². The molecule has 0 saturated carbocycles. The molecular formula is C14H13F3N2OS. The molecule has 0 spiro atoms. The monoisotopic (exact) mass is 314 g/mol. The second-order valence-electron chi connectivity index (χ2n) is 4.12. The maximum absolute atomic E-state index is 12.5. The number of hydrogen-bond acceptors (Lipinski definition) is 4. The Bertz CT molecular complexity index is 615. The summed E-state index contributed by atoms with van der Waals surface area (Å²) >= 11 is 1.24. The largest absolute Gasteiger partial charge is 0.492 e. The zero-order chi connectivity index (χ0) is 15.5. The van der Waals surface area contributed by atoms with Gasteiger partial charge in [0.2, 0.25) is 0 Å². The van der Waals surface area contributed by atoms with Gasteiger partial charge in [-0.3, -0.25) is 0 Å². The normalized spacial score (nSPS) is 11.4. The van der Waals surface area contributed by atoms with Crippen LogP contribution in [-0.4, -0.2) is 11.6 Å². The summed E-state index contributed by atoms with van der Waals surface area (Å²) in [6.45, 7) is 2.33. The van der Waals surface area contributed by atoms with Crippen LogP contribution in [0.15, 0.2) is 46.5 Å². The van der Waals surface area contributed by atoms with E-state index in [-0.39, 0.29) is 0 Å². The van der Waals surface area contributed by atoms with Crippen molar-refractivity contribution in [3.05, 3.63) is 42.1 Å². The predicted molar refractivity (Wildman–Crippen MR) is 75.4 cm³/mol. The predicted octanol–water partition coefficient (Wildman–Crippen LogP) is 4.23. The summed E-state index contributed by atoms with van der Waals surface area (Å²) in [4.78, 5) is 4.60. The molecule has 2 aromatic rings. The zero-order valence-corrected chi connectivity index (χ0v) is 12.0. The lowest BCUT2D eigenvalue weighted by molar-refractivity contribution is -0.137. The van der Waals surface area contributed by atoms with E-state index in [4.69, 9.17) is 10.5 Å². The molecule has 2 rings (SSSR count). The summed E-state index contributed by atoms with van der Waals surface area (Å²) in [5, 5.41) is 0.468. The number of rotatable bonds is 4. The molecule has 0 unspecified atom stereocenters. The van der Waals surface area contributed by atoms with Crippen LogP contribution in [0.5, 0.6) is 5.75 Å². The van der Waals surface area contributed by atoms with Gasteiger partial charge in [0.1, 0.15) is 10.8 Å². The second kappa shape index (κ2) is 6.26. The van der Waals surface area contributed by atoms with E-state index in [0.717, 1.165) is 17.2 Å². The van der Waals surface area contributed by atoms with Crippen molar-refractivity contribution in [2.45, 2.75) is 23.0 Å². The maximum Gasteiger partial charge on any atom is 0.417 e. The van der Waals surface area contributed by atoms with Crippen LogP contribution in [0.2, 0.25) is 0 Å². The quantitative estimate of drug-likeness (QED) is 0.858. The first kappa shape index (κ1) is 15.5. The number of ether oxygens (including phenoxy) is 1. The molecule has 0 atom stereocenters. The van der Waals surface area contributed by atoms with Crippen molar-refractivity contribution < 1.29 is 17.9 Å². The number of aromatic nitrogens is 1. The summed E-state index contributed by atoms with van der Waals surface area (Å²) in [6, 6.07) is 7.54. The highest BCUT2D eigenvalue weighted by molar-refractivity contribution is 7.99. The molecule has 1 aromatic heterocycles. The first-order valence-corrected chi connectivity index (χ1v) is 6.95. The van der Waals surface area contributed by atoms with E-state index in [1.165, 1.54) is 17.8 Å². The molecule has 1 heterocycles. The van der Waals surface area contributed by atoms with Gasteiger partial charge in [0.05, 0.1) is 17.9 Å². The van der Waals surface area contributed by atoms with E-state index in [1.807, 2.05) is 6.92 Å². The highest BCUT2D eigenvalue weighted by Gasteiger charge is 2.30. The number of anilines is 1. The minimum Gasteiger partial charge on any atom is -0.492 e. The molecule has 0 fully saturated rings. The van der Waals surface area contributed by atoms with E-state index in [1.54, 1.807) is 18.2 Å². The zero-order valence-electron chi connectivity index (χ0n) is 11.1. The number of benzene rings is 1. The Morgan fingerprint density at radius 1 is 1.24 bits per heavy atom. The molecule has 0 aliphatic carbocycles. The molecule has 21 heavy (non-hydrogen) atoms. The Morgan fingerprint density at radius 3 is 2.57 bits per heavy atom. The van der Waals surface area contributed by atoms with Gasteiger partial charge in [-0.15, -0.1) is 0 Å². The second-order valence-corrected chi connectivity index (χ2v) is 5.21. The minimum absolute atomic E-state index is 0.468. The van der Waals surface area contributed by atoms with Crippen LogP contribution in [0, 0.1) is 0 Å². The van der Waals surface area contributed by atoms with Crippen molar-refractivity contribution in [3.8, 4) is 5.75 Å². The van der Waals surface area contributed by atoms with Crippen molar-refractivity contribution in [2.75, 3.05) is 12.3 Å². The third-order valence-electron chi connectivity index (χ3n) is 2.57. The van der Waals surface area contributed by atoms with Crippen LogP contribution in [0.3, 0.4) is 0 Å². The van der Waals surface area contributed by atoms with Crippen LogP contribution in [0.25, 0.3) is 0 Å². The maximum atomic E-state index is 12.5.